The number of rotatable bonds is 6. The summed E-state index contributed by atoms with van der Waals surface area (Å²) in [6.07, 6.45) is 9.64. The maximum Gasteiger partial charge on any atom is 0.178 e. The average Bonchev–Trinajstić information content (AvgIpc) is 3.67. The van der Waals surface area contributed by atoms with Gasteiger partial charge >= 0.3 is 0 Å². The van der Waals surface area contributed by atoms with Gasteiger partial charge in [0, 0.05) is 41.9 Å². The molecule has 3 aromatic heterocycles. The first-order valence-corrected chi connectivity index (χ1v) is 14.4. The van der Waals surface area contributed by atoms with Crippen LogP contribution in [0.3, 0.4) is 0 Å². The molecule has 4 aromatic rings. The summed E-state index contributed by atoms with van der Waals surface area (Å²) in [5.41, 5.74) is 7.94. The summed E-state index contributed by atoms with van der Waals surface area (Å²) in [6.45, 7) is 10.6. The summed E-state index contributed by atoms with van der Waals surface area (Å²) in [6, 6.07) is 9.05. The van der Waals surface area contributed by atoms with Crippen LogP contribution in [0.2, 0.25) is 0 Å². The van der Waals surface area contributed by atoms with Crippen molar-refractivity contribution in [3.05, 3.63) is 54.0 Å². The SMILES string of the molecule is CC(C)n1cc(-c2nc3nccc(-c4ccc5c(c4)CCCCC5NC(O)C4=NOC(C(C)(C)C)C4)c3[nH]2)cn1. The molecule has 9 heteroatoms. The lowest BCUT2D eigenvalue weighted by molar-refractivity contribution is 0.00829. The van der Waals surface area contributed by atoms with Gasteiger partial charge in [0.25, 0.3) is 0 Å². The van der Waals surface area contributed by atoms with E-state index in [1.807, 2.05) is 29.3 Å². The monoisotopic (exact) mass is 541 g/mol. The molecule has 1 aliphatic heterocycles. The van der Waals surface area contributed by atoms with Crippen molar-refractivity contribution in [2.45, 2.75) is 91.1 Å². The highest BCUT2D eigenvalue weighted by Crippen LogP contribution is 2.35. The highest BCUT2D eigenvalue weighted by atomic mass is 16.6. The van der Waals surface area contributed by atoms with E-state index in [1.54, 1.807) is 0 Å². The van der Waals surface area contributed by atoms with E-state index in [0.29, 0.717) is 17.8 Å². The number of aryl methyl sites for hydroxylation is 1. The predicted molar refractivity (Wildman–Crippen MR) is 157 cm³/mol. The number of fused-ring (bicyclic) bond motifs is 2. The van der Waals surface area contributed by atoms with Crippen LogP contribution < -0.4 is 5.32 Å². The molecule has 2 aliphatic rings. The van der Waals surface area contributed by atoms with Crippen molar-refractivity contribution in [3.8, 4) is 22.5 Å². The largest absolute Gasteiger partial charge is 0.391 e. The molecule has 40 heavy (non-hydrogen) atoms. The van der Waals surface area contributed by atoms with Crippen LogP contribution >= 0.6 is 0 Å². The molecular formula is C31H39N7O2. The minimum absolute atomic E-state index is 0.0190. The summed E-state index contributed by atoms with van der Waals surface area (Å²) in [7, 11) is 0. The van der Waals surface area contributed by atoms with Gasteiger partial charge in [-0.3, -0.25) is 10.00 Å². The normalized spacial score (nSPS) is 20.3. The zero-order valence-corrected chi connectivity index (χ0v) is 24.0. The number of aromatic nitrogens is 5. The van der Waals surface area contributed by atoms with Gasteiger partial charge in [0.05, 0.1) is 17.3 Å². The maximum absolute atomic E-state index is 11.0. The fourth-order valence-corrected chi connectivity index (χ4v) is 5.66. The van der Waals surface area contributed by atoms with Gasteiger partial charge < -0.3 is 14.9 Å². The summed E-state index contributed by atoms with van der Waals surface area (Å²) in [5, 5.41) is 23.2. The number of H-pyrrole nitrogens is 1. The molecule has 0 saturated heterocycles. The number of aromatic amines is 1. The van der Waals surface area contributed by atoms with Crippen molar-refractivity contribution in [1.82, 2.24) is 30.0 Å². The Morgan fingerprint density at radius 3 is 2.75 bits per heavy atom. The second kappa shape index (κ2) is 10.4. The molecule has 9 nitrogen and oxygen atoms in total. The molecule has 0 bridgehead atoms. The molecule has 1 aliphatic carbocycles. The third-order valence-corrected chi connectivity index (χ3v) is 8.15. The van der Waals surface area contributed by atoms with Gasteiger partial charge in [0.2, 0.25) is 0 Å². The van der Waals surface area contributed by atoms with Gasteiger partial charge in [-0.1, -0.05) is 50.5 Å². The van der Waals surface area contributed by atoms with Crippen LogP contribution in [-0.4, -0.2) is 47.9 Å². The Hall–Kier alpha value is -3.56. The second-order valence-electron chi connectivity index (χ2n) is 12.5. The van der Waals surface area contributed by atoms with Crippen LogP contribution in [0.5, 0.6) is 0 Å². The number of benzene rings is 1. The zero-order valence-electron chi connectivity index (χ0n) is 24.0. The van der Waals surface area contributed by atoms with Gasteiger partial charge in [0.1, 0.15) is 23.9 Å². The Labute approximate surface area is 235 Å². The fraction of sp³-hybridized carbons (Fsp3) is 0.484. The zero-order chi connectivity index (χ0) is 28.0. The minimum Gasteiger partial charge on any atom is -0.391 e. The molecule has 210 valence electrons. The molecule has 0 fully saturated rings. The number of imidazole rings is 1. The Kier molecular flexibility index (Phi) is 6.96. The summed E-state index contributed by atoms with van der Waals surface area (Å²) in [5.74, 6) is 0.766. The van der Waals surface area contributed by atoms with Crippen molar-refractivity contribution in [2.24, 2.45) is 10.6 Å². The molecule has 0 amide bonds. The Morgan fingerprint density at radius 1 is 1.15 bits per heavy atom. The van der Waals surface area contributed by atoms with Gasteiger partial charge in [-0.05, 0) is 55.9 Å². The average molecular weight is 542 g/mol. The van der Waals surface area contributed by atoms with Crippen molar-refractivity contribution >= 4 is 16.9 Å². The first-order valence-electron chi connectivity index (χ1n) is 14.4. The first kappa shape index (κ1) is 26.7. The number of pyridine rings is 1. The molecule has 3 N–H and O–H groups in total. The number of aliphatic hydroxyl groups excluding tert-OH is 1. The number of nitrogens with zero attached hydrogens (tertiary/aromatic N) is 5. The second-order valence-corrected chi connectivity index (χ2v) is 12.5. The van der Waals surface area contributed by atoms with Crippen LogP contribution in [0, 0.1) is 5.41 Å². The van der Waals surface area contributed by atoms with Gasteiger partial charge in [0.15, 0.2) is 5.65 Å². The van der Waals surface area contributed by atoms with E-state index in [-0.39, 0.29) is 23.6 Å². The van der Waals surface area contributed by atoms with Crippen molar-refractivity contribution < 1.29 is 9.94 Å². The lowest BCUT2D eigenvalue weighted by Gasteiger charge is -2.25. The highest BCUT2D eigenvalue weighted by molar-refractivity contribution is 5.91. The van der Waals surface area contributed by atoms with Crippen LogP contribution in [0.25, 0.3) is 33.7 Å². The summed E-state index contributed by atoms with van der Waals surface area (Å²) in [4.78, 5) is 18.5. The molecule has 0 saturated carbocycles. The Morgan fingerprint density at radius 2 is 2.00 bits per heavy atom. The van der Waals surface area contributed by atoms with E-state index in [0.717, 1.165) is 53.7 Å². The summed E-state index contributed by atoms with van der Waals surface area (Å²) >= 11 is 0. The Bertz CT molecular complexity index is 1540. The number of hydrogen-bond acceptors (Lipinski definition) is 7. The number of hydrogen-bond donors (Lipinski definition) is 3. The maximum atomic E-state index is 11.0. The van der Waals surface area contributed by atoms with E-state index in [4.69, 9.17) is 9.82 Å². The molecule has 6 rings (SSSR count). The quantitative estimate of drug-likeness (QED) is 0.206. The molecule has 3 atom stereocenters. The fourth-order valence-electron chi connectivity index (χ4n) is 5.66. The van der Waals surface area contributed by atoms with E-state index in [2.05, 4.69) is 78.4 Å². The van der Waals surface area contributed by atoms with Crippen molar-refractivity contribution in [2.75, 3.05) is 0 Å². The third kappa shape index (κ3) is 5.15. The Balaban J connectivity index is 1.27. The minimum atomic E-state index is -0.828. The molecule has 4 heterocycles. The van der Waals surface area contributed by atoms with Crippen LogP contribution in [0.4, 0.5) is 0 Å². The van der Waals surface area contributed by atoms with Gasteiger partial charge in [-0.25, -0.2) is 9.97 Å². The van der Waals surface area contributed by atoms with Crippen molar-refractivity contribution in [3.63, 3.8) is 0 Å². The first-order chi connectivity index (χ1) is 19.2. The molecule has 3 unspecified atom stereocenters. The lowest BCUT2D eigenvalue weighted by atomic mass is 9.86. The van der Waals surface area contributed by atoms with E-state index < -0.39 is 6.23 Å². The van der Waals surface area contributed by atoms with E-state index in [9.17, 15) is 5.11 Å². The standard InChI is InChI=1S/C31H39N7O2/c1-18(2)38-17-21(16-33-38)28-35-27-23(12-13-32-29(27)36-28)20-10-11-22-19(14-20)8-6-7-9-24(22)34-30(39)25-15-26(40-37-25)31(3,4)5/h10-14,16-18,24,26,30,34,39H,6-9,15H2,1-5H3,(H,32,35,36). The van der Waals surface area contributed by atoms with E-state index >= 15 is 0 Å². The lowest BCUT2D eigenvalue weighted by Crippen LogP contribution is -2.40. The van der Waals surface area contributed by atoms with Gasteiger partial charge in [-0.15, -0.1) is 0 Å². The number of aliphatic hydroxyl groups is 1. The number of oxime groups is 1. The summed E-state index contributed by atoms with van der Waals surface area (Å²) < 4.78 is 1.93. The topological polar surface area (TPSA) is 113 Å². The smallest absolute Gasteiger partial charge is 0.178 e. The highest BCUT2D eigenvalue weighted by Gasteiger charge is 2.35. The molecule has 0 spiro atoms. The van der Waals surface area contributed by atoms with E-state index in [1.165, 1.54) is 11.1 Å². The van der Waals surface area contributed by atoms with Crippen molar-refractivity contribution in [1.29, 1.82) is 0 Å². The van der Waals surface area contributed by atoms with Crippen LogP contribution in [0.1, 0.15) is 83.5 Å². The molecular weight excluding hydrogens is 502 g/mol. The van der Waals surface area contributed by atoms with Crippen LogP contribution in [0.15, 0.2) is 48.0 Å². The molecule has 0 radical (unpaired) electrons. The predicted octanol–water partition coefficient (Wildman–Crippen LogP) is 5.94. The molecule has 1 aromatic carbocycles. The van der Waals surface area contributed by atoms with Crippen LogP contribution in [-0.2, 0) is 11.3 Å². The third-order valence-electron chi connectivity index (χ3n) is 8.15. The number of nitrogens with one attached hydrogen (secondary N) is 2. The van der Waals surface area contributed by atoms with Gasteiger partial charge in [-0.2, -0.15) is 5.10 Å².